The Morgan fingerprint density at radius 2 is 1.77 bits per heavy atom. The van der Waals surface area contributed by atoms with Gasteiger partial charge in [0, 0.05) is 11.3 Å². The maximum absolute atomic E-state index is 9.46. The number of nitrogens with zero attached hydrogens (tertiary/aromatic N) is 3. The Labute approximate surface area is 179 Å². The minimum Gasteiger partial charge on any atom is -0.508 e. The summed E-state index contributed by atoms with van der Waals surface area (Å²) in [5, 5.41) is 14.0. The molecule has 0 aliphatic carbocycles. The van der Waals surface area contributed by atoms with E-state index in [4.69, 9.17) is 26.1 Å². The van der Waals surface area contributed by atoms with Crippen molar-refractivity contribution in [2.45, 2.75) is 6.67 Å². The molecule has 158 valence electrons. The number of methoxy groups -OCH3 is 2. The second-order valence-electron chi connectivity index (χ2n) is 7.15. The first-order valence-electron chi connectivity index (χ1n) is 9.75. The van der Waals surface area contributed by atoms with Gasteiger partial charge in [-0.2, -0.15) is 4.68 Å². The van der Waals surface area contributed by atoms with Crippen molar-refractivity contribution >= 4 is 17.9 Å². The van der Waals surface area contributed by atoms with E-state index in [-0.39, 0.29) is 5.75 Å². The molecule has 8 nitrogen and oxygen atoms in total. The lowest BCUT2D eigenvalue weighted by molar-refractivity contribution is -0.924. The van der Waals surface area contributed by atoms with Gasteiger partial charge in [0.25, 0.3) is 4.84 Å². The summed E-state index contributed by atoms with van der Waals surface area (Å²) in [6, 6.07) is 12.9. The van der Waals surface area contributed by atoms with Gasteiger partial charge >= 0.3 is 0 Å². The number of hydrogen-bond donors (Lipinski definition) is 2. The van der Waals surface area contributed by atoms with Gasteiger partial charge in [0.1, 0.15) is 5.75 Å². The van der Waals surface area contributed by atoms with Crippen LogP contribution in [0, 0.1) is 4.84 Å². The summed E-state index contributed by atoms with van der Waals surface area (Å²) >= 11 is 5.39. The molecule has 2 aromatic carbocycles. The van der Waals surface area contributed by atoms with E-state index in [9.17, 15) is 5.11 Å². The van der Waals surface area contributed by atoms with Crippen LogP contribution in [0.5, 0.6) is 17.2 Å². The molecule has 0 amide bonds. The first-order chi connectivity index (χ1) is 14.6. The number of benzene rings is 2. The average molecular weight is 430 g/mol. The van der Waals surface area contributed by atoms with Crippen molar-refractivity contribution in [2.75, 3.05) is 45.3 Å². The molecule has 0 radical (unpaired) electrons. The number of phenols is 1. The van der Waals surface area contributed by atoms with E-state index >= 15 is 0 Å². The number of hydrogen-bond acceptors (Lipinski definition) is 7. The number of ether oxygens (including phenoxy) is 2. The van der Waals surface area contributed by atoms with Gasteiger partial charge in [-0.25, -0.2) is 0 Å². The largest absolute Gasteiger partial charge is 0.508 e. The fourth-order valence-electron chi connectivity index (χ4n) is 3.61. The maximum atomic E-state index is 9.46. The number of aromatic hydroxyl groups is 1. The number of rotatable bonds is 6. The van der Waals surface area contributed by atoms with Gasteiger partial charge in [-0.15, -0.1) is 5.10 Å². The maximum Gasteiger partial charge on any atom is 0.292 e. The van der Waals surface area contributed by atoms with Crippen LogP contribution in [0.2, 0.25) is 0 Å². The van der Waals surface area contributed by atoms with Crippen LogP contribution in [0.1, 0.15) is 0 Å². The minimum absolute atomic E-state index is 0.286. The molecule has 1 aliphatic rings. The van der Waals surface area contributed by atoms with E-state index in [1.165, 1.54) is 4.90 Å². The van der Waals surface area contributed by atoms with Crippen molar-refractivity contribution in [2.24, 2.45) is 0 Å². The summed E-state index contributed by atoms with van der Waals surface area (Å²) in [5.74, 6) is 2.01. The highest BCUT2D eigenvalue weighted by atomic mass is 32.1. The van der Waals surface area contributed by atoms with E-state index in [2.05, 4.69) is 10.00 Å². The molecule has 0 unspecified atom stereocenters. The zero-order valence-corrected chi connectivity index (χ0v) is 17.8. The van der Waals surface area contributed by atoms with Crippen molar-refractivity contribution in [3.8, 4) is 28.7 Å². The van der Waals surface area contributed by atoms with Gasteiger partial charge in [-0.1, -0.05) is 0 Å². The molecule has 0 bridgehead atoms. The van der Waals surface area contributed by atoms with Crippen LogP contribution in [0.15, 0.2) is 46.9 Å². The number of phenolic OH excluding ortho intramolecular Hbond substituents is 1. The van der Waals surface area contributed by atoms with Crippen molar-refractivity contribution in [1.82, 2.24) is 9.78 Å². The van der Waals surface area contributed by atoms with Crippen LogP contribution in [-0.4, -0.2) is 55.3 Å². The Kier molecular flexibility index (Phi) is 5.91. The molecule has 4 rings (SSSR count). The Bertz CT molecular complexity index is 1060. The Hall–Kier alpha value is -3.04. The van der Waals surface area contributed by atoms with Gasteiger partial charge < -0.3 is 28.8 Å². The molecule has 30 heavy (non-hydrogen) atoms. The van der Waals surface area contributed by atoms with E-state index in [1.807, 2.05) is 30.3 Å². The number of piperazine rings is 1. The van der Waals surface area contributed by atoms with Crippen LogP contribution >= 0.6 is 12.2 Å². The molecule has 0 spiro atoms. The number of anilines is 1. The first-order valence-corrected chi connectivity index (χ1v) is 10.2. The highest BCUT2D eigenvalue weighted by Crippen LogP contribution is 2.31. The van der Waals surface area contributed by atoms with Crippen molar-refractivity contribution in [1.29, 1.82) is 0 Å². The van der Waals surface area contributed by atoms with Crippen LogP contribution in [0.25, 0.3) is 11.5 Å². The second-order valence-corrected chi connectivity index (χ2v) is 7.50. The lowest BCUT2D eigenvalue weighted by atomic mass is 10.2. The topological polar surface area (TPSA) is 77.3 Å². The van der Waals surface area contributed by atoms with Gasteiger partial charge in [0.15, 0.2) is 18.2 Å². The predicted molar refractivity (Wildman–Crippen MR) is 115 cm³/mol. The monoisotopic (exact) mass is 429 g/mol. The van der Waals surface area contributed by atoms with E-state index < -0.39 is 0 Å². The molecule has 2 heterocycles. The van der Waals surface area contributed by atoms with E-state index in [0.717, 1.165) is 37.4 Å². The zero-order chi connectivity index (χ0) is 21.1. The van der Waals surface area contributed by atoms with Crippen LogP contribution < -0.4 is 19.3 Å². The average Bonchev–Trinajstić information content (AvgIpc) is 3.14. The predicted octanol–water partition coefficient (Wildman–Crippen LogP) is 1.96. The highest BCUT2D eigenvalue weighted by molar-refractivity contribution is 7.71. The van der Waals surface area contributed by atoms with Crippen LogP contribution in [0.3, 0.4) is 0 Å². The summed E-state index contributed by atoms with van der Waals surface area (Å²) in [4.78, 5) is 4.06. The summed E-state index contributed by atoms with van der Waals surface area (Å²) in [6.45, 7) is 4.42. The standard InChI is InChI=1S/C21H24N4O4S/c1-27-18-8-3-15(13-19(18)28-2)20-22-25(21(30)29-20)14-23-9-11-24(12-10-23)16-4-6-17(26)7-5-16/h3-8,13,26H,9-12,14H2,1-2H3/p+1. The summed E-state index contributed by atoms with van der Waals surface area (Å²) in [7, 11) is 3.19. The van der Waals surface area contributed by atoms with Crippen molar-refractivity contribution in [3.05, 3.63) is 47.3 Å². The van der Waals surface area contributed by atoms with Gasteiger partial charge in [0.05, 0.1) is 40.4 Å². The van der Waals surface area contributed by atoms with Crippen LogP contribution in [-0.2, 0) is 6.67 Å². The Balaban J connectivity index is 1.42. The Morgan fingerprint density at radius 1 is 1.07 bits per heavy atom. The first kappa shape index (κ1) is 20.2. The fourth-order valence-corrected chi connectivity index (χ4v) is 3.79. The van der Waals surface area contributed by atoms with Crippen molar-refractivity contribution in [3.63, 3.8) is 0 Å². The molecule has 0 atom stereocenters. The van der Waals surface area contributed by atoms with E-state index in [1.54, 1.807) is 31.0 Å². The number of quaternary nitrogens is 1. The lowest BCUT2D eigenvalue weighted by Crippen LogP contribution is -3.14. The lowest BCUT2D eigenvalue weighted by Gasteiger charge is -2.33. The summed E-state index contributed by atoms with van der Waals surface area (Å²) < 4.78 is 18.1. The Morgan fingerprint density at radius 3 is 2.43 bits per heavy atom. The normalized spacial score (nSPS) is 14.7. The van der Waals surface area contributed by atoms with Gasteiger partial charge in [0.2, 0.25) is 5.89 Å². The number of nitrogens with one attached hydrogen (secondary N) is 1. The zero-order valence-electron chi connectivity index (χ0n) is 17.0. The third kappa shape index (κ3) is 4.27. The molecular formula is C21H25N4O4S+. The summed E-state index contributed by atoms with van der Waals surface area (Å²) in [5.41, 5.74) is 1.91. The van der Waals surface area contributed by atoms with Crippen LogP contribution in [0.4, 0.5) is 5.69 Å². The molecule has 1 saturated heterocycles. The quantitative estimate of drug-likeness (QED) is 0.580. The SMILES string of the molecule is COc1ccc(-c2nn(C[NH+]3CCN(c4ccc(O)cc4)CC3)c(=S)o2)cc1OC. The molecule has 0 saturated carbocycles. The minimum atomic E-state index is 0.286. The van der Waals surface area contributed by atoms with Gasteiger partial charge in [-0.05, 0) is 54.7 Å². The fraction of sp³-hybridized carbons (Fsp3) is 0.333. The van der Waals surface area contributed by atoms with Gasteiger partial charge in [-0.3, -0.25) is 0 Å². The van der Waals surface area contributed by atoms with Crippen molar-refractivity contribution < 1.29 is 23.9 Å². The molecule has 9 heteroatoms. The number of aromatic nitrogens is 2. The highest BCUT2D eigenvalue weighted by Gasteiger charge is 2.22. The molecule has 1 fully saturated rings. The second kappa shape index (κ2) is 8.76. The van der Waals surface area contributed by atoms with E-state index in [0.29, 0.717) is 28.9 Å². The third-order valence-electron chi connectivity index (χ3n) is 5.30. The molecular weight excluding hydrogens is 404 g/mol. The summed E-state index contributed by atoms with van der Waals surface area (Å²) in [6.07, 6.45) is 0. The molecule has 3 aromatic rings. The molecule has 1 aliphatic heterocycles. The smallest absolute Gasteiger partial charge is 0.292 e. The molecule has 1 aromatic heterocycles. The molecule has 2 N–H and O–H groups in total. The third-order valence-corrected chi connectivity index (χ3v) is 5.59.